The molecule has 8 heteroatoms. The van der Waals surface area contributed by atoms with E-state index >= 15 is 0 Å². The molecule has 0 aliphatic rings. The SMILES string of the molecule is N.O=S(O)(O)=S.[Au].[Ni]. The first-order chi connectivity index (χ1) is 2.00. The van der Waals surface area contributed by atoms with E-state index in [4.69, 9.17) is 13.3 Å². The van der Waals surface area contributed by atoms with Crippen molar-refractivity contribution >= 4 is 20.2 Å². The third-order valence-corrected chi connectivity index (χ3v) is 0. The summed E-state index contributed by atoms with van der Waals surface area (Å²) in [5.74, 6) is 0. The Hall–Kier alpha value is 1.48. The largest absolute Gasteiger partial charge is 0.344 e. The van der Waals surface area contributed by atoms with Crippen LogP contribution in [0.3, 0.4) is 0 Å². The van der Waals surface area contributed by atoms with Gasteiger partial charge in [0.05, 0.1) is 0 Å². The van der Waals surface area contributed by atoms with Crippen LogP contribution in [0.5, 0.6) is 0 Å². The Morgan fingerprint density at radius 1 is 1.38 bits per heavy atom. The van der Waals surface area contributed by atoms with E-state index in [1.54, 1.807) is 0 Å². The second kappa shape index (κ2) is 8.48. The molecule has 0 atom stereocenters. The fourth-order valence-electron chi connectivity index (χ4n) is 0. The maximum Gasteiger partial charge on any atom is 0.263 e. The van der Waals surface area contributed by atoms with Gasteiger partial charge in [-0.2, -0.15) is 4.21 Å². The van der Waals surface area contributed by atoms with Crippen molar-refractivity contribution < 1.29 is 52.2 Å². The van der Waals surface area contributed by atoms with Gasteiger partial charge in [0, 0.05) is 50.1 Å². The summed E-state index contributed by atoms with van der Waals surface area (Å²) in [5, 5.41) is 0. The zero-order valence-electron chi connectivity index (χ0n) is 3.44. The molecule has 0 bridgehead atoms. The van der Waals surface area contributed by atoms with E-state index in [0.29, 0.717) is 0 Å². The van der Waals surface area contributed by atoms with Gasteiger partial charge >= 0.3 is 0 Å². The Balaban J connectivity index is -0.0000000267. The third kappa shape index (κ3) is 143. The van der Waals surface area contributed by atoms with E-state index in [0.717, 1.165) is 0 Å². The molecule has 0 aromatic heterocycles. The van der Waals surface area contributed by atoms with Crippen LogP contribution in [0, 0.1) is 0 Å². The summed E-state index contributed by atoms with van der Waals surface area (Å²) in [6.07, 6.45) is 0. The fraction of sp³-hybridized carbons (Fsp3) is 0. The Morgan fingerprint density at radius 2 is 1.38 bits per heavy atom. The molecule has 0 spiro atoms. The van der Waals surface area contributed by atoms with E-state index in [1.807, 2.05) is 0 Å². The van der Waals surface area contributed by atoms with E-state index < -0.39 is 9.05 Å². The summed E-state index contributed by atoms with van der Waals surface area (Å²) < 4.78 is 24.0. The van der Waals surface area contributed by atoms with E-state index in [2.05, 4.69) is 11.2 Å². The predicted molar refractivity (Wildman–Crippen MR) is 25.8 cm³/mol. The Morgan fingerprint density at radius 3 is 1.38 bits per heavy atom. The van der Waals surface area contributed by atoms with Crippen LogP contribution in [-0.4, -0.2) is 13.3 Å². The second-order valence-electron chi connectivity index (χ2n) is 0.448. The maximum absolute atomic E-state index is 9.11. The van der Waals surface area contributed by atoms with Crippen molar-refractivity contribution in [1.82, 2.24) is 6.15 Å². The molecular weight excluding hydrogens is 382 g/mol. The van der Waals surface area contributed by atoms with Gasteiger partial charge in [0.1, 0.15) is 0 Å². The first-order valence-corrected chi connectivity index (χ1v) is 3.10. The topological polar surface area (TPSA) is 92.5 Å². The quantitative estimate of drug-likeness (QED) is 0.503. The summed E-state index contributed by atoms with van der Waals surface area (Å²) >= 11 is 3.47. The zero-order chi connectivity index (χ0) is 4.50. The van der Waals surface area contributed by atoms with Crippen LogP contribution in [-0.2, 0) is 59.1 Å². The molecular formula is H5AuNNiO3S2. The molecule has 0 amide bonds. The molecule has 0 aromatic rings. The Kier molecular flexibility index (Phi) is 24.1. The van der Waals surface area contributed by atoms with Crippen LogP contribution in [0.4, 0.5) is 0 Å². The van der Waals surface area contributed by atoms with Gasteiger partial charge in [-0.15, -0.1) is 0 Å². The van der Waals surface area contributed by atoms with Crippen LogP contribution in [0.2, 0.25) is 0 Å². The minimum absolute atomic E-state index is 0. The van der Waals surface area contributed by atoms with Gasteiger partial charge in [-0.1, -0.05) is 0 Å². The summed E-state index contributed by atoms with van der Waals surface area (Å²) in [4.78, 5) is 0. The monoisotopic (exact) mass is 386 g/mol. The molecule has 0 aliphatic heterocycles. The molecule has 0 aromatic carbocycles. The number of hydrogen-bond donors (Lipinski definition) is 3. The van der Waals surface area contributed by atoms with Crippen molar-refractivity contribution in [1.29, 1.82) is 0 Å². The van der Waals surface area contributed by atoms with Crippen molar-refractivity contribution in [2.24, 2.45) is 0 Å². The van der Waals surface area contributed by atoms with E-state index in [-0.39, 0.29) is 45.0 Å². The molecule has 0 unspecified atom stereocenters. The Labute approximate surface area is 78.1 Å². The average Bonchev–Trinajstić information content (AvgIpc) is 0.722. The van der Waals surface area contributed by atoms with Crippen molar-refractivity contribution in [2.45, 2.75) is 0 Å². The third-order valence-electron chi connectivity index (χ3n) is 0. The molecule has 5 N–H and O–H groups in total. The van der Waals surface area contributed by atoms with Gasteiger partial charge in [0.2, 0.25) is 0 Å². The minimum atomic E-state index is -3.83. The maximum atomic E-state index is 9.11. The molecule has 0 aliphatic carbocycles. The van der Waals surface area contributed by atoms with Gasteiger partial charge in [-0.05, 0) is 0 Å². The van der Waals surface area contributed by atoms with Crippen molar-refractivity contribution in [3.05, 3.63) is 0 Å². The molecule has 1 radical (unpaired) electrons. The smallest absolute Gasteiger partial charge is 0.263 e. The first-order valence-electron chi connectivity index (χ1n) is 0.698. The van der Waals surface area contributed by atoms with E-state index in [9.17, 15) is 0 Å². The number of rotatable bonds is 0. The van der Waals surface area contributed by atoms with Gasteiger partial charge < -0.3 is 6.15 Å². The molecule has 0 saturated carbocycles. The zero-order valence-corrected chi connectivity index (χ0v) is 8.23. The van der Waals surface area contributed by atoms with Crippen molar-refractivity contribution in [3.63, 3.8) is 0 Å². The van der Waals surface area contributed by atoms with Crippen molar-refractivity contribution in [3.8, 4) is 0 Å². The molecule has 61 valence electrons. The standard InChI is InChI=1S/Au.H3N.Ni.H2O3S2/c;;;1-5(2,3)4/h;1H3;;(H2,1,2,3,4). The molecule has 8 heavy (non-hydrogen) atoms. The van der Waals surface area contributed by atoms with E-state index in [1.165, 1.54) is 0 Å². The van der Waals surface area contributed by atoms with Gasteiger partial charge in [0.15, 0.2) is 0 Å². The minimum Gasteiger partial charge on any atom is -0.344 e. The van der Waals surface area contributed by atoms with Crippen LogP contribution < -0.4 is 6.15 Å². The predicted octanol–water partition coefficient (Wildman–Crippen LogP) is -0.164. The van der Waals surface area contributed by atoms with Crippen molar-refractivity contribution in [2.75, 3.05) is 0 Å². The van der Waals surface area contributed by atoms with Gasteiger partial charge in [-0.25, -0.2) is 0 Å². The van der Waals surface area contributed by atoms with Gasteiger partial charge in [-0.3, -0.25) is 9.11 Å². The second-order valence-corrected chi connectivity index (χ2v) is 2.65. The molecule has 0 fully saturated rings. The molecule has 0 saturated heterocycles. The Bertz CT molecular complexity index is 100. The summed E-state index contributed by atoms with van der Waals surface area (Å²) in [5.41, 5.74) is 0. The molecule has 0 rings (SSSR count). The normalized spacial score (nSPS) is 7.25. The summed E-state index contributed by atoms with van der Waals surface area (Å²) in [7, 11) is -3.83. The van der Waals surface area contributed by atoms with Crippen LogP contribution in [0.1, 0.15) is 0 Å². The summed E-state index contributed by atoms with van der Waals surface area (Å²) in [6.45, 7) is 0. The molecule has 4 nitrogen and oxygen atoms in total. The van der Waals surface area contributed by atoms with Crippen LogP contribution in [0.15, 0.2) is 0 Å². The fourth-order valence-corrected chi connectivity index (χ4v) is 0. The van der Waals surface area contributed by atoms with Crippen LogP contribution >= 0.6 is 0 Å². The first kappa shape index (κ1) is 22.7. The summed E-state index contributed by atoms with van der Waals surface area (Å²) in [6, 6.07) is 0. The average molecular weight is 387 g/mol. The van der Waals surface area contributed by atoms with Gasteiger partial charge in [0.25, 0.3) is 9.05 Å². The molecule has 0 heterocycles. The number of hydrogen-bond acceptors (Lipinski definition) is 3. The van der Waals surface area contributed by atoms with Crippen LogP contribution in [0.25, 0.3) is 0 Å².